The third-order valence-electron chi connectivity index (χ3n) is 2.92. The van der Waals surface area contributed by atoms with Crippen LogP contribution in [0.15, 0.2) is 30.9 Å². The first-order chi connectivity index (χ1) is 8.78. The van der Waals surface area contributed by atoms with Crippen LogP contribution in [0.2, 0.25) is 0 Å². The minimum Gasteiger partial charge on any atom is -0.493 e. The molecule has 1 rings (SSSR count). The van der Waals surface area contributed by atoms with Gasteiger partial charge in [0.25, 0.3) is 0 Å². The third kappa shape index (κ3) is 3.50. The van der Waals surface area contributed by atoms with Gasteiger partial charge in [-0.05, 0) is 25.5 Å². The van der Waals surface area contributed by atoms with Gasteiger partial charge in [0.05, 0.1) is 14.2 Å². The molecule has 3 heteroatoms. The molecule has 0 fully saturated rings. The van der Waals surface area contributed by atoms with E-state index in [1.54, 1.807) is 14.2 Å². The van der Waals surface area contributed by atoms with E-state index in [1.165, 1.54) is 0 Å². The van der Waals surface area contributed by atoms with Crippen molar-refractivity contribution in [1.82, 2.24) is 5.32 Å². The van der Waals surface area contributed by atoms with Gasteiger partial charge in [-0.3, -0.25) is 0 Å². The van der Waals surface area contributed by atoms with Crippen LogP contribution < -0.4 is 14.8 Å². The number of methoxy groups -OCH3 is 2. The first kappa shape index (κ1) is 14.6. The van der Waals surface area contributed by atoms with E-state index in [1.807, 2.05) is 18.2 Å². The Morgan fingerprint density at radius 2 is 2.11 bits per heavy atom. The zero-order valence-corrected chi connectivity index (χ0v) is 11.5. The molecule has 0 aliphatic carbocycles. The fourth-order valence-electron chi connectivity index (χ4n) is 2.08. The zero-order valence-electron chi connectivity index (χ0n) is 11.5. The second-order valence-electron chi connectivity index (χ2n) is 4.06. The predicted molar refractivity (Wildman–Crippen MR) is 75.4 cm³/mol. The van der Waals surface area contributed by atoms with Gasteiger partial charge in [0.1, 0.15) is 0 Å². The van der Waals surface area contributed by atoms with Crippen LogP contribution in [-0.4, -0.2) is 20.8 Å². The van der Waals surface area contributed by atoms with Crippen molar-refractivity contribution in [3.05, 3.63) is 36.4 Å². The Bertz CT molecular complexity index is 377. The predicted octanol–water partition coefficient (Wildman–Crippen LogP) is 3.32. The molecule has 0 amide bonds. The summed E-state index contributed by atoms with van der Waals surface area (Å²) in [5.74, 6) is 1.59. The first-order valence-electron chi connectivity index (χ1n) is 6.33. The van der Waals surface area contributed by atoms with Gasteiger partial charge in [-0.25, -0.2) is 0 Å². The van der Waals surface area contributed by atoms with E-state index in [2.05, 4.69) is 24.9 Å². The van der Waals surface area contributed by atoms with Gasteiger partial charge in [0.2, 0.25) is 0 Å². The summed E-state index contributed by atoms with van der Waals surface area (Å²) in [4.78, 5) is 0. The van der Waals surface area contributed by atoms with Crippen LogP contribution in [0.3, 0.4) is 0 Å². The molecule has 0 spiro atoms. The standard InChI is InChI=1S/C15H23NO2/c1-5-7-10-13(16-6-2)12-9-8-11-14(17-3)15(12)18-4/h5,8-9,11,13,16H,1,6-7,10H2,2-4H3. The largest absolute Gasteiger partial charge is 0.493 e. The Labute approximate surface area is 110 Å². The molecule has 1 N–H and O–H groups in total. The highest BCUT2D eigenvalue weighted by Crippen LogP contribution is 2.36. The molecule has 18 heavy (non-hydrogen) atoms. The van der Waals surface area contributed by atoms with Gasteiger partial charge in [0, 0.05) is 11.6 Å². The number of para-hydroxylation sites is 1. The molecular formula is C15H23NO2. The van der Waals surface area contributed by atoms with Crippen molar-refractivity contribution in [1.29, 1.82) is 0 Å². The van der Waals surface area contributed by atoms with Crippen molar-refractivity contribution in [2.75, 3.05) is 20.8 Å². The maximum absolute atomic E-state index is 5.48. The van der Waals surface area contributed by atoms with Crippen molar-refractivity contribution >= 4 is 0 Å². The van der Waals surface area contributed by atoms with Crippen LogP contribution in [0.4, 0.5) is 0 Å². The van der Waals surface area contributed by atoms with Gasteiger partial charge in [-0.2, -0.15) is 0 Å². The molecule has 0 aliphatic rings. The van der Waals surface area contributed by atoms with E-state index < -0.39 is 0 Å². The summed E-state index contributed by atoms with van der Waals surface area (Å²) < 4.78 is 10.8. The second-order valence-corrected chi connectivity index (χ2v) is 4.06. The SMILES string of the molecule is C=CCCC(NCC)c1cccc(OC)c1OC. The minimum absolute atomic E-state index is 0.262. The number of allylic oxidation sites excluding steroid dienone is 1. The van der Waals surface area contributed by atoms with E-state index in [9.17, 15) is 0 Å². The zero-order chi connectivity index (χ0) is 13.4. The highest BCUT2D eigenvalue weighted by molar-refractivity contribution is 5.48. The Kier molecular flexibility index (Phi) is 6.29. The molecule has 0 aliphatic heterocycles. The lowest BCUT2D eigenvalue weighted by atomic mass is 10.0. The van der Waals surface area contributed by atoms with Crippen molar-refractivity contribution in [3.8, 4) is 11.5 Å². The van der Waals surface area contributed by atoms with Gasteiger partial charge < -0.3 is 14.8 Å². The summed E-state index contributed by atoms with van der Waals surface area (Å²) in [7, 11) is 3.34. The van der Waals surface area contributed by atoms with Gasteiger partial charge in [-0.15, -0.1) is 6.58 Å². The fraction of sp³-hybridized carbons (Fsp3) is 0.467. The third-order valence-corrected chi connectivity index (χ3v) is 2.92. The van der Waals surface area contributed by atoms with Gasteiger partial charge >= 0.3 is 0 Å². The number of benzene rings is 1. The van der Waals surface area contributed by atoms with Crippen LogP contribution >= 0.6 is 0 Å². The van der Waals surface area contributed by atoms with Crippen molar-refractivity contribution < 1.29 is 9.47 Å². The summed E-state index contributed by atoms with van der Waals surface area (Å²) in [6.07, 6.45) is 3.91. The summed E-state index contributed by atoms with van der Waals surface area (Å²) in [5, 5.41) is 3.48. The topological polar surface area (TPSA) is 30.5 Å². The van der Waals surface area contributed by atoms with Crippen LogP contribution in [-0.2, 0) is 0 Å². The quantitative estimate of drug-likeness (QED) is 0.717. The normalized spacial score (nSPS) is 11.9. The number of rotatable bonds is 8. The maximum atomic E-state index is 5.48. The first-order valence-corrected chi connectivity index (χ1v) is 6.33. The molecule has 0 saturated heterocycles. The number of hydrogen-bond acceptors (Lipinski definition) is 3. The van der Waals surface area contributed by atoms with Gasteiger partial charge in [0.15, 0.2) is 11.5 Å². The monoisotopic (exact) mass is 249 g/mol. The average Bonchev–Trinajstić information content (AvgIpc) is 2.42. The molecule has 1 atom stereocenters. The number of hydrogen-bond donors (Lipinski definition) is 1. The summed E-state index contributed by atoms with van der Waals surface area (Å²) in [6, 6.07) is 6.25. The fourth-order valence-corrected chi connectivity index (χ4v) is 2.08. The number of nitrogens with one attached hydrogen (secondary N) is 1. The molecule has 1 aromatic rings. The average molecular weight is 249 g/mol. The summed E-state index contributed by atoms with van der Waals surface area (Å²) in [6.45, 7) is 6.80. The highest BCUT2D eigenvalue weighted by atomic mass is 16.5. The van der Waals surface area contributed by atoms with E-state index in [0.717, 1.165) is 36.4 Å². The minimum atomic E-state index is 0.262. The summed E-state index contributed by atoms with van der Waals surface area (Å²) in [5.41, 5.74) is 1.14. The Morgan fingerprint density at radius 3 is 2.67 bits per heavy atom. The van der Waals surface area contributed by atoms with Crippen molar-refractivity contribution in [2.24, 2.45) is 0 Å². The van der Waals surface area contributed by atoms with Gasteiger partial charge in [-0.1, -0.05) is 25.1 Å². The van der Waals surface area contributed by atoms with Crippen molar-refractivity contribution in [3.63, 3.8) is 0 Å². The lowest BCUT2D eigenvalue weighted by Crippen LogP contribution is -2.21. The lowest BCUT2D eigenvalue weighted by Gasteiger charge is -2.21. The molecule has 0 saturated carbocycles. The highest BCUT2D eigenvalue weighted by Gasteiger charge is 2.17. The Morgan fingerprint density at radius 1 is 1.33 bits per heavy atom. The van der Waals surface area contributed by atoms with Crippen LogP contribution in [0.1, 0.15) is 31.4 Å². The smallest absolute Gasteiger partial charge is 0.165 e. The molecule has 1 aromatic carbocycles. The van der Waals surface area contributed by atoms with E-state index >= 15 is 0 Å². The molecular weight excluding hydrogens is 226 g/mol. The van der Waals surface area contributed by atoms with Crippen LogP contribution in [0, 0.1) is 0 Å². The second kappa shape index (κ2) is 7.77. The van der Waals surface area contributed by atoms with E-state index in [0.29, 0.717) is 0 Å². The maximum Gasteiger partial charge on any atom is 0.165 e. The lowest BCUT2D eigenvalue weighted by molar-refractivity contribution is 0.345. The van der Waals surface area contributed by atoms with E-state index in [4.69, 9.17) is 9.47 Å². The van der Waals surface area contributed by atoms with E-state index in [-0.39, 0.29) is 6.04 Å². The molecule has 0 bridgehead atoms. The Balaban J connectivity index is 3.05. The summed E-state index contributed by atoms with van der Waals surface area (Å²) >= 11 is 0. The molecule has 0 radical (unpaired) electrons. The van der Waals surface area contributed by atoms with Crippen molar-refractivity contribution in [2.45, 2.75) is 25.8 Å². The Hall–Kier alpha value is -1.48. The molecule has 3 nitrogen and oxygen atoms in total. The van der Waals surface area contributed by atoms with Crippen LogP contribution in [0.25, 0.3) is 0 Å². The molecule has 100 valence electrons. The number of ether oxygens (including phenoxy) is 2. The molecule has 1 unspecified atom stereocenters. The molecule has 0 aromatic heterocycles. The molecule has 0 heterocycles. The van der Waals surface area contributed by atoms with Crippen LogP contribution in [0.5, 0.6) is 11.5 Å².